The quantitative estimate of drug-likeness (QED) is 0.315. The van der Waals surface area contributed by atoms with Crippen molar-refractivity contribution >= 4 is 27.2 Å². The molecule has 0 aliphatic heterocycles. The molecule has 32 heavy (non-hydrogen) atoms. The van der Waals surface area contributed by atoms with Gasteiger partial charge in [-0.2, -0.15) is 8.42 Å². The van der Waals surface area contributed by atoms with E-state index in [4.69, 9.17) is 13.6 Å². The van der Waals surface area contributed by atoms with Crippen molar-refractivity contribution in [3.63, 3.8) is 0 Å². The summed E-state index contributed by atoms with van der Waals surface area (Å²) in [5.74, 6) is 2.43. The van der Waals surface area contributed by atoms with Crippen LogP contribution in [0.3, 0.4) is 0 Å². The van der Waals surface area contributed by atoms with Crippen LogP contribution in [0.15, 0.2) is 68.8 Å². The van der Waals surface area contributed by atoms with Crippen LogP contribution in [0.4, 0.5) is 0 Å². The summed E-state index contributed by atoms with van der Waals surface area (Å²) < 4.78 is 45.3. The lowest BCUT2D eigenvalue weighted by molar-refractivity contribution is 0.320. The number of hydrogen-bond donors (Lipinski definition) is 0. The molecule has 0 saturated carbocycles. The summed E-state index contributed by atoms with van der Waals surface area (Å²) in [5.41, 5.74) is 2.38. The van der Waals surface area contributed by atoms with Crippen molar-refractivity contribution in [2.75, 3.05) is 13.2 Å². The van der Waals surface area contributed by atoms with E-state index in [1.54, 1.807) is 19.1 Å². The van der Waals surface area contributed by atoms with Crippen LogP contribution in [-0.4, -0.2) is 26.6 Å². The van der Waals surface area contributed by atoms with Gasteiger partial charge in [0.1, 0.15) is 22.9 Å². The molecule has 2 aromatic heterocycles. The van der Waals surface area contributed by atoms with Gasteiger partial charge in [0, 0.05) is 23.4 Å². The maximum Gasteiger partial charge on any atom is 0.290 e. The first-order valence-corrected chi connectivity index (χ1v) is 11.7. The normalized spacial score (nSPS) is 12.1. The van der Waals surface area contributed by atoms with Crippen LogP contribution in [0.25, 0.3) is 28.5 Å². The third-order valence-electron chi connectivity index (χ3n) is 4.71. The van der Waals surface area contributed by atoms with Gasteiger partial charge in [-0.1, -0.05) is 18.2 Å². The molecule has 0 aliphatic rings. The van der Waals surface area contributed by atoms with Crippen LogP contribution in [-0.2, 0) is 20.7 Å². The van der Waals surface area contributed by atoms with Gasteiger partial charge in [-0.05, 0) is 50.3 Å². The minimum absolute atomic E-state index is 0.0783. The number of rotatable bonds is 9. The van der Waals surface area contributed by atoms with E-state index in [9.17, 15) is 8.42 Å². The maximum atomic E-state index is 11.6. The molecule has 0 fully saturated rings. The Morgan fingerprint density at radius 3 is 2.66 bits per heavy atom. The number of aryl methyl sites for hydroxylation is 1. The van der Waals surface area contributed by atoms with Gasteiger partial charge >= 0.3 is 0 Å². The smallest absolute Gasteiger partial charge is 0.290 e. The first-order chi connectivity index (χ1) is 15.4. The van der Waals surface area contributed by atoms with Crippen LogP contribution >= 0.6 is 0 Å². The van der Waals surface area contributed by atoms with Crippen LogP contribution in [0.2, 0.25) is 0 Å². The second kappa shape index (κ2) is 9.42. The van der Waals surface area contributed by atoms with Gasteiger partial charge in [0.25, 0.3) is 10.1 Å². The molecule has 0 atom stereocenters. The van der Waals surface area contributed by atoms with E-state index in [1.807, 2.05) is 49.4 Å². The molecule has 0 bridgehead atoms. The molecule has 4 rings (SSSR count). The summed E-state index contributed by atoms with van der Waals surface area (Å²) in [6.45, 7) is 4.01. The average molecular weight is 454 g/mol. The second-order valence-corrected chi connectivity index (χ2v) is 8.53. The predicted octanol–water partition coefficient (Wildman–Crippen LogP) is 5.35. The largest absolute Gasteiger partial charge is 0.493 e. The summed E-state index contributed by atoms with van der Waals surface area (Å²) in [7, 11) is -3.71. The SMILES string of the molecule is CCOS(=O)(=O)/C=C/c1cc2ccc(OCCc3nc(-c4ccccc4)oc3C)cc2o1. The molecule has 2 aromatic carbocycles. The van der Waals surface area contributed by atoms with Crippen molar-refractivity contribution in [1.82, 2.24) is 4.98 Å². The van der Waals surface area contributed by atoms with Gasteiger partial charge in [-0.15, -0.1) is 0 Å². The first-order valence-electron chi connectivity index (χ1n) is 10.2. The van der Waals surface area contributed by atoms with E-state index in [2.05, 4.69) is 9.17 Å². The Labute approximate surface area is 186 Å². The molecule has 4 aromatic rings. The Morgan fingerprint density at radius 2 is 1.88 bits per heavy atom. The number of oxazole rings is 1. The molecule has 0 spiro atoms. The Balaban J connectivity index is 1.40. The van der Waals surface area contributed by atoms with Crippen molar-refractivity contribution in [2.24, 2.45) is 0 Å². The lowest BCUT2D eigenvalue weighted by Gasteiger charge is -2.04. The van der Waals surface area contributed by atoms with E-state index in [1.165, 1.54) is 6.08 Å². The van der Waals surface area contributed by atoms with Gasteiger partial charge < -0.3 is 13.6 Å². The van der Waals surface area contributed by atoms with E-state index in [-0.39, 0.29) is 6.61 Å². The lowest BCUT2D eigenvalue weighted by atomic mass is 10.2. The summed E-state index contributed by atoms with van der Waals surface area (Å²) in [6, 6.07) is 17.0. The van der Waals surface area contributed by atoms with Crippen molar-refractivity contribution in [2.45, 2.75) is 20.3 Å². The molecular formula is C24H23NO6S. The van der Waals surface area contributed by atoms with Gasteiger partial charge in [-0.3, -0.25) is 4.18 Å². The molecular weight excluding hydrogens is 430 g/mol. The van der Waals surface area contributed by atoms with Crippen LogP contribution < -0.4 is 4.74 Å². The summed E-state index contributed by atoms with van der Waals surface area (Å²) in [5, 5.41) is 1.82. The highest BCUT2D eigenvalue weighted by Gasteiger charge is 2.12. The molecule has 0 N–H and O–H groups in total. The Bertz CT molecular complexity index is 1340. The highest BCUT2D eigenvalue weighted by molar-refractivity contribution is 7.89. The number of hydrogen-bond acceptors (Lipinski definition) is 7. The fourth-order valence-corrected chi connectivity index (χ4v) is 3.90. The Kier molecular flexibility index (Phi) is 6.43. The van der Waals surface area contributed by atoms with E-state index in [0.29, 0.717) is 36.0 Å². The molecule has 0 amide bonds. The van der Waals surface area contributed by atoms with Crippen molar-refractivity contribution in [3.8, 4) is 17.2 Å². The van der Waals surface area contributed by atoms with Crippen molar-refractivity contribution in [3.05, 3.63) is 77.2 Å². The number of benzene rings is 2. The Hall–Kier alpha value is -3.36. The van der Waals surface area contributed by atoms with Crippen LogP contribution in [0.1, 0.15) is 24.1 Å². The molecule has 2 heterocycles. The average Bonchev–Trinajstić information content (AvgIpc) is 3.36. The molecule has 0 saturated heterocycles. The highest BCUT2D eigenvalue weighted by Crippen LogP contribution is 2.26. The number of aromatic nitrogens is 1. The summed E-state index contributed by atoms with van der Waals surface area (Å²) in [6.07, 6.45) is 1.96. The number of nitrogens with zero attached hydrogens (tertiary/aromatic N) is 1. The van der Waals surface area contributed by atoms with Gasteiger partial charge in [0.15, 0.2) is 0 Å². The number of fused-ring (bicyclic) bond motifs is 1. The zero-order valence-electron chi connectivity index (χ0n) is 17.8. The fourth-order valence-electron chi connectivity index (χ4n) is 3.19. The topological polar surface area (TPSA) is 91.8 Å². The zero-order chi connectivity index (χ0) is 22.6. The molecule has 0 radical (unpaired) electrons. The number of ether oxygens (including phenoxy) is 1. The zero-order valence-corrected chi connectivity index (χ0v) is 18.6. The first kappa shape index (κ1) is 21.9. The molecule has 0 unspecified atom stereocenters. The molecule has 7 nitrogen and oxygen atoms in total. The van der Waals surface area contributed by atoms with Crippen molar-refractivity contribution < 1.29 is 26.2 Å². The van der Waals surface area contributed by atoms with Gasteiger partial charge in [-0.25, -0.2) is 4.98 Å². The van der Waals surface area contributed by atoms with E-state index in [0.717, 1.165) is 27.8 Å². The van der Waals surface area contributed by atoms with E-state index < -0.39 is 10.1 Å². The maximum absolute atomic E-state index is 11.6. The monoisotopic (exact) mass is 453 g/mol. The lowest BCUT2D eigenvalue weighted by Crippen LogP contribution is -2.02. The third-order valence-corrected chi connectivity index (χ3v) is 5.75. The fraction of sp³-hybridized carbons (Fsp3) is 0.208. The minimum Gasteiger partial charge on any atom is -0.493 e. The standard InChI is InChI=1S/C24H23NO6S/c1-3-29-32(26,27)14-12-21-15-19-9-10-20(16-23(19)31-21)28-13-11-22-17(2)30-24(25-22)18-7-5-4-6-8-18/h4-10,12,14-16H,3,11,13H2,1-2H3/b14-12+. The van der Waals surface area contributed by atoms with Crippen LogP contribution in [0, 0.1) is 6.92 Å². The second-order valence-electron chi connectivity index (χ2n) is 7.04. The Morgan fingerprint density at radius 1 is 1.06 bits per heavy atom. The van der Waals surface area contributed by atoms with Gasteiger partial charge in [0.05, 0.1) is 24.3 Å². The van der Waals surface area contributed by atoms with Gasteiger partial charge in [0.2, 0.25) is 5.89 Å². The predicted molar refractivity (Wildman–Crippen MR) is 122 cm³/mol. The molecule has 0 aliphatic carbocycles. The number of furan rings is 1. The van der Waals surface area contributed by atoms with E-state index >= 15 is 0 Å². The molecule has 8 heteroatoms. The summed E-state index contributed by atoms with van der Waals surface area (Å²) >= 11 is 0. The minimum atomic E-state index is -3.71. The van der Waals surface area contributed by atoms with Crippen LogP contribution in [0.5, 0.6) is 5.75 Å². The summed E-state index contributed by atoms with van der Waals surface area (Å²) in [4.78, 5) is 4.59. The van der Waals surface area contributed by atoms with Crippen molar-refractivity contribution in [1.29, 1.82) is 0 Å². The third kappa shape index (κ3) is 5.27. The molecule has 166 valence electrons. The highest BCUT2D eigenvalue weighted by atomic mass is 32.2.